The maximum absolute atomic E-state index is 13.8. The van der Waals surface area contributed by atoms with Crippen LogP contribution in [0.3, 0.4) is 0 Å². The van der Waals surface area contributed by atoms with E-state index in [1.807, 2.05) is 13.0 Å². The van der Waals surface area contributed by atoms with Gasteiger partial charge in [-0.2, -0.15) is 0 Å². The fourth-order valence-electron chi connectivity index (χ4n) is 3.36. The summed E-state index contributed by atoms with van der Waals surface area (Å²) in [4.78, 5) is 12.5. The van der Waals surface area contributed by atoms with Crippen molar-refractivity contribution in [3.05, 3.63) is 52.7 Å². The maximum atomic E-state index is 13.8. The summed E-state index contributed by atoms with van der Waals surface area (Å²) in [6.45, 7) is 6.21. The van der Waals surface area contributed by atoms with E-state index in [1.165, 1.54) is 19.2 Å². The zero-order valence-electron chi connectivity index (χ0n) is 14.4. The lowest BCUT2D eigenvalue weighted by atomic mass is 9.74. The minimum atomic E-state index is -0.547. The van der Waals surface area contributed by atoms with Crippen molar-refractivity contribution in [3.63, 3.8) is 0 Å². The van der Waals surface area contributed by atoms with Crippen molar-refractivity contribution in [3.8, 4) is 5.75 Å². The molecule has 1 N–H and O–H groups in total. The lowest BCUT2D eigenvalue weighted by Crippen LogP contribution is -2.36. The van der Waals surface area contributed by atoms with Gasteiger partial charge >= 0.3 is 0 Å². The molecule has 0 spiro atoms. The smallest absolute Gasteiger partial charge is 0.251 e. The van der Waals surface area contributed by atoms with E-state index in [2.05, 4.69) is 19.2 Å². The predicted octanol–water partition coefficient (Wildman–Crippen LogP) is 4.18. The van der Waals surface area contributed by atoms with Gasteiger partial charge in [0.05, 0.1) is 13.2 Å². The van der Waals surface area contributed by atoms with Gasteiger partial charge in [-0.25, -0.2) is 4.39 Å². The van der Waals surface area contributed by atoms with Crippen molar-refractivity contribution >= 4 is 5.91 Å². The highest BCUT2D eigenvalue weighted by Gasteiger charge is 2.35. The van der Waals surface area contributed by atoms with Crippen LogP contribution in [-0.4, -0.2) is 13.0 Å². The van der Waals surface area contributed by atoms with Gasteiger partial charge in [-0.1, -0.05) is 13.8 Å². The first-order valence-corrected chi connectivity index (χ1v) is 8.03. The molecule has 5 heteroatoms. The standard InChI is InChI=1S/C19H22FNO3/c1-11-7-13-15(9-19(2,3)10-17(13)24-11)21-18(22)12-5-6-16(23-4)14(20)8-12/h5-8,15H,9-10H2,1-4H3,(H,21,22). The molecular formula is C19H22FNO3. The van der Waals surface area contributed by atoms with Crippen molar-refractivity contribution in [1.29, 1.82) is 0 Å². The Morgan fingerprint density at radius 1 is 1.38 bits per heavy atom. The second kappa shape index (κ2) is 5.96. The summed E-state index contributed by atoms with van der Waals surface area (Å²) in [5.74, 6) is 1.04. The number of amides is 1. The topological polar surface area (TPSA) is 51.5 Å². The molecule has 0 aliphatic heterocycles. The summed E-state index contributed by atoms with van der Waals surface area (Å²) < 4.78 is 24.5. The number of carbonyl (C=O) groups excluding carboxylic acids is 1. The van der Waals surface area contributed by atoms with Gasteiger partial charge in [-0.15, -0.1) is 0 Å². The Balaban J connectivity index is 1.85. The van der Waals surface area contributed by atoms with Crippen molar-refractivity contribution in [2.24, 2.45) is 5.41 Å². The monoisotopic (exact) mass is 331 g/mol. The minimum Gasteiger partial charge on any atom is -0.494 e. The lowest BCUT2D eigenvalue weighted by Gasteiger charge is -2.34. The van der Waals surface area contributed by atoms with Crippen LogP contribution in [0.4, 0.5) is 4.39 Å². The zero-order chi connectivity index (χ0) is 17.5. The number of methoxy groups -OCH3 is 1. The number of carbonyl (C=O) groups is 1. The van der Waals surface area contributed by atoms with Gasteiger partial charge in [0.15, 0.2) is 11.6 Å². The number of rotatable bonds is 3. The molecule has 1 aliphatic carbocycles. The summed E-state index contributed by atoms with van der Waals surface area (Å²) in [6.07, 6.45) is 1.66. The van der Waals surface area contributed by atoms with E-state index >= 15 is 0 Å². The first-order chi connectivity index (χ1) is 11.3. The SMILES string of the molecule is COc1ccc(C(=O)NC2CC(C)(C)Cc3oc(C)cc32)cc1F. The zero-order valence-corrected chi connectivity index (χ0v) is 14.4. The van der Waals surface area contributed by atoms with Gasteiger partial charge in [-0.3, -0.25) is 4.79 Å². The molecule has 0 radical (unpaired) electrons. The van der Waals surface area contributed by atoms with E-state index in [4.69, 9.17) is 9.15 Å². The average molecular weight is 331 g/mol. The predicted molar refractivity (Wildman–Crippen MR) is 88.7 cm³/mol. The first-order valence-electron chi connectivity index (χ1n) is 8.03. The van der Waals surface area contributed by atoms with Crippen molar-refractivity contribution in [2.45, 2.75) is 39.7 Å². The van der Waals surface area contributed by atoms with Gasteiger partial charge in [0.1, 0.15) is 11.5 Å². The van der Waals surface area contributed by atoms with Crippen LogP contribution in [0.2, 0.25) is 0 Å². The fraction of sp³-hybridized carbons (Fsp3) is 0.421. The molecule has 0 bridgehead atoms. The Morgan fingerprint density at radius 3 is 2.79 bits per heavy atom. The Kier molecular flexibility index (Phi) is 4.11. The number of ether oxygens (including phenoxy) is 1. The van der Waals surface area contributed by atoms with Crippen LogP contribution < -0.4 is 10.1 Å². The Labute approximate surface area is 141 Å². The van der Waals surface area contributed by atoms with Gasteiger partial charge in [-0.05, 0) is 43.0 Å². The van der Waals surface area contributed by atoms with Gasteiger partial charge < -0.3 is 14.5 Å². The average Bonchev–Trinajstić information content (AvgIpc) is 2.86. The van der Waals surface area contributed by atoms with Crippen molar-refractivity contribution < 1.29 is 18.3 Å². The molecule has 128 valence electrons. The number of hydrogen-bond donors (Lipinski definition) is 1. The number of halogens is 1. The second-order valence-electron chi connectivity index (χ2n) is 7.16. The first kappa shape index (κ1) is 16.6. The molecular weight excluding hydrogens is 309 g/mol. The normalized spacial score (nSPS) is 18.8. The van der Waals surface area contributed by atoms with Crippen LogP contribution in [0.1, 0.15) is 53.8 Å². The third kappa shape index (κ3) is 3.16. The number of nitrogens with one attached hydrogen (secondary N) is 1. The quantitative estimate of drug-likeness (QED) is 0.918. The molecule has 24 heavy (non-hydrogen) atoms. The maximum Gasteiger partial charge on any atom is 0.251 e. The molecule has 1 atom stereocenters. The number of hydrogen-bond acceptors (Lipinski definition) is 3. The Hall–Kier alpha value is -2.30. The molecule has 1 aromatic carbocycles. The second-order valence-corrected chi connectivity index (χ2v) is 7.16. The number of furan rings is 1. The molecule has 0 saturated carbocycles. The number of fused-ring (bicyclic) bond motifs is 1. The Bertz CT molecular complexity index is 779. The van der Waals surface area contributed by atoms with E-state index in [0.717, 1.165) is 29.9 Å². The van der Waals surface area contributed by atoms with Crippen LogP contribution in [-0.2, 0) is 6.42 Å². The molecule has 1 amide bonds. The van der Waals surface area contributed by atoms with Crippen LogP contribution in [0.25, 0.3) is 0 Å². The van der Waals surface area contributed by atoms with E-state index in [1.54, 1.807) is 6.07 Å². The van der Waals surface area contributed by atoms with Gasteiger partial charge in [0.25, 0.3) is 5.91 Å². The van der Waals surface area contributed by atoms with Crippen LogP contribution in [0, 0.1) is 18.2 Å². The van der Waals surface area contributed by atoms with E-state index < -0.39 is 5.82 Å². The molecule has 1 aliphatic rings. The highest BCUT2D eigenvalue weighted by molar-refractivity contribution is 5.94. The van der Waals surface area contributed by atoms with Gasteiger partial charge in [0, 0.05) is 17.5 Å². The largest absolute Gasteiger partial charge is 0.494 e. The summed E-state index contributed by atoms with van der Waals surface area (Å²) in [6, 6.07) is 6.06. The molecule has 2 aromatic rings. The molecule has 4 nitrogen and oxygen atoms in total. The van der Waals surface area contributed by atoms with Crippen LogP contribution in [0.15, 0.2) is 28.7 Å². The highest BCUT2D eigenvalue weighted by atomic mass is 19.1. The lowest BCUT2D eigenvalue weighted by molar-refractivity contribution is 0.0917. The van der Waals surface area contributed by atoms with E-state index in [9.17, 15) is 9.18 Å². The minimum absolute atomic E-state index is 0.0282. The van der Waals surface area contributed by atoms with Gasteiger partial charge in [0.2, 0.25) is 0 Å². The van der Waals surface area contributed by atoms with Crippen molar-refractivity contribution in [2.75, 3.05) is 7.11 Å². The summed E-state index contributed by atoms with van der Waals surface area (Å²) in [5, 5.41) is 3.02. The molecule has 3 rings (SSSR count). The van der Waals surface area contributed by atoms with E-state index in [-0.39, 0.29) is 28.7 Å². The molecule has 1 aromatic heterocycles. The molecule has 0 fully saturated rings. The summed E-state index contributed by atoms with van der Waals surface area (Å²) in [7, 11) is 1.39. The molecule has 1 unspecified atom stereocenters. The van der Waals surface area contributed by atoms with Crippen LogP contribution in [0.5, 0.6) is 5.75 Å². The summed E-state index contributed by atoms with van der Waals surface area (Å²) in [5.41, 5.74) is 1.33. The fourth-order valence-corrected chi connectivity index (χ4v) is 3.36. The Morgan fingerprint density at radius 2 is 2.12 bits per heavy atom. The number of aryl methyl sites for hydroxylation is 1. The molecule has 1 heterocycles. The number of benzene rings is 1. The van der Waals surface area contributed by atoms with E-state index in [0.29, 0.717) is 0 Å². The highest BCUT2D eigenvalue weighted by Crippen LogP contribution is 2.42. The third-order valence-corrected chi connectivity index (χ3v) is 4.46. The molecule has 0 saturated heterocycles. The van der Waals surface area contributed by atoms with Crippen LogP contribution >= 0.6 is 0 Å². The summed E-state index contributed by atoms with van der Waals surface area (Å²) >= 11 is 0. The third-order valence-electron chi connectivity index (χ3n) is 4.46. The van der Waals surface area contributed by atoms with Crippen molar-refractivity contribution in [1.82, 2.24) is 5.32 Å².